The Hall–Kier alpha value is -0.770. The van der Waals surface area contributed by atoms with Gasteiger partial charge in [0.25, 0.3) is 0 Å². The summed E-state index contributed by atoms with van der Waals surface area (Å²) >= 11 is 0. The van der Waals surface area contributed by atoms with Gasteiger partial charge in [-0.3, -0.25) is 4.99 Å². The van der Waals surface area contributed by atoms with Crippen molar-refractivity contribution < 1.29 is 4.74 Å². The van der Waals surface area contributed by atoms with E-state index in [1.165, 1.54) is 25.7 Å². The van der Waals surface area contributed by atoms with Gasteiger partial charge in [-0.1, -0.05) is 0 Å². The Bertz CT molecular complexity index is 257. The van der Waals surface area contributed by atoms with Crippen LogP contribution in [0.5, 0.6) is 0 Å². The molecule has 1 N–H and O–H groups in total. The highest BCUT2D eigenvalue weighted by atomic mass is 16.5. The van der Waals surface area contributed by atoms with Crippen LogP contribution in [0.2, 0.25) is 0 Å². The molecule has 0 aromatic rings. The minimum atomic E-state index is 0.655. The molecule has 1 aliphatic carbocycles. The number of ether oxygens (including phenoxy) is 1. The van der Waals surface area contributed by atoms with Crippen molar-refractivity contribution in [3.63, 3.8) is 0 Å². The lowest BCUT2D eigenvalue weighted by Crippen LogP contribution is -2.48. The molecule has 4 nitrogen and oxygen atoms in total. The quantitative estimate of drug-likeness (QED) is 0.596. The molecule has 4 heteroatoms. The fourth-order valence-electron chi connectivity index (χ4n) is 2.36. The molecule has 0 radical (unpaired) electrons. The summed E-state index contributed by atoms with van der Waals surface area (Å²) in [5.41, 5.74) is 0. The lowest BCUT2D eigenvalue weighted by molar-refractivity contribution is 0.181. The largest absolute Gasteiger partial charge is 0.381 e. The number of hydrogen-bond acceptors (Lipinski definition) is 2. The second-order valence-corrected chi connectivity index (χ2v) is 5.18. The average molecular weight is 239 g/mol. The van der Waals surface area contributed by atoms with E-state index < -0.39 is 0 Å². The summed E-state index contributed by atoms with van der Waals surface area (Å²) in [6.07, 6.45) is 5.14. The first-order valence-corrected chi connectivity index (χ1v) is 6.89. The Labute approximate surface area is 104 Å². The first-order valence-electron chi connectivity index (χ1n) is 6.89. The summed E-state index contributed by atoms with van der Waals surface area (Å²) < 4.78 is 5.42. The summed E-state index contributed by atoms with van der Waals surface area (Å²) in [5.74, 6) is 1.74. The number of nitrogens with one attached hydrogen (secondary N) is 1. The maximum atomic E-state index is 5.42. The van der Waals surface area contributed by atoms with E-state index in [1.807, 2.05) is 0 Å². The molecule has 98 valence electrons. The molecular weight excluding hydrogens is 214 g/mol. The predicted octanol–water partition coefficient (Wildman–Crippen LogP) is 1.47. The van der Waals surface area contributed by atoms with E-state index in [4.69, 9.17) is 4.74 Å². The van der Waals surface area contributed by atoms with Crippen LogP contribution in [0.1, 0.15) is 32.6 Å². The van der Waals surface area contributed by atoms with Gasteiger partial charge in [-0.2, -0.15) is 0 Å². The first kappa shape index (κ1) is 12.7. The van der Waals surface area contributed by atoms with Crippen molar-refractivity contribution in [3.8, 4) is 0 Å². The van der Waals surface area contributed by atoms with Gasteiger partial charge in [-0.05, 0) is 32.6 Å². The van der Waals surface area contributed by atoms with Crippen LogP contribution in [0.15, 0.2) is 4.99 Å². The number of guanidine groups is 1. The van der Waals surface area contributed by atoms with Crippen molar-refractivity contribution in [3.05, 3.63) is 0 Å². The van der Waals surface area contributed by atoms with Crippen LogP contribution in [0.25, 0.3) is 0 Å². The second kappa shape index (κ2) is 6.24. The van der Waals surface area contributed by atoms with Crippen LogP contribution < -0.4 is 5.32 Å². The fraction of sp³-hybridized carbons (Fsp3) is 0.923. The number of aliphatic imine (C=N–C) groups is 1. The van der Waals surface area contributed by atoms with Crippen molar-refractivity contribution >= 4 is 5.96 Å². The molecule has 1 saturated carbocycles. The van der Waals surface area contributed by atoms with Crippen molar-refractivity contribution in [1.82, 2.24) is 10.2 Å². The minimum absolute atomic E-state index is 0.655. The maximum Gasteiger partial charge on any atom is 0.193 e. The molecule has 1 saturated heterocycles. The van der Waals surface area contributed by atoms with Crippen molar-refractivity contribution in [2.75, 3.05) is 33.4 Å². The lowest BCUT2D eigenvalue weighted by Gasteiger charge is -2.32. The number of rotatable bonds is 4. The standard InChI is InChI=1S/C13H25N3O/c1-3-14-13(15-12-5-4-6-12)16(2)9-11-7-8-17-10-11/h11-12H,3-10H2,1-2H3,(H,14,15). The highest BCUT2D eigenvalue weighted by Gasteiger charge is 2.22. The Kier molecular flexibility index (Phi) is 4.66. The SMILES string of the molecule is CCN=C(NC1CCC1)N(C)CC1CCOC1. The van der Waals surface area contributed by atoms with Crippen LogP contribution in [-0.2, 0) is 4.74 Å². The molecule has 1 unspecified atom stereocenters. The molecule has 2 fully saturated rings. The van der Waals surface area contributed by atoms with E-state index in [2.05, 4.69) is 29.2 Å². The van der Waals surface area contributed by atoms with Gasteiger partial charge in [0.05, 0.1) is 6.61 Å². The molecule has 17 heavy (non-hydrogen) atoms. The molecule has 0 amide bonds. The Morgan fingerprint density at radius 1 is 1.41 bits per heavy atom. The van der Waals surface area contributed by atoms with Gasteiger partial charge in [-0.25, -0.2) is 0 Å². The zero-order valence-corrected chi connectivity index (χ0v) is 11.1. The van der Waals surface area contributed by atoms with Crippen LogP contribution in [0, 0.1) is 5.92 Å². The van der Waals surface area contributed by atoms with E-state index in [0.717, 1.165) is 32.3 Å². The van der Waals surface area contributed by atoms with Gasteiger partial charge < -0.3 is 15.0 Å². The van der Waals surface area contributed by atoms with Crippen molar-refractivity contribution in [2.45, 2.75) is 38.6 Å². The van der Waals surface area contributed by atoms with Gasteiger partial charge in [0.2, 0.25) is 0 Å². The van der Waals surface area contributed by atoms with Gasteiger partial charge in [0, 0.05) is 38.7 Å². The minimum Gasteiger partial charge on any atom is -0.381 e. The molecule has 2 aliphatic rings. The third-order valence-electron chi connectivity index (χ3n) is 3.66. The average Bonchev–Trinajstić information content (AvgIpc) is 2.74. The summed E-state index contributed by atoms with van der Waals surface area (Å²) in [7, 11) is 2.14. The third kappa shape index (κ3) is 3.60. The topological polar surface area (TPSA) is 36.9 Å². The maximum absolute atomic E-state index is 5.42. The molecule has 1 heterocycles. The zero-order valence-electron chi connectivity index (χ0n) is 11.1. The molecule has 0 spiro atoms. The monoisotopic (exact) mass is 239 g/mol. The van der Waals surface area contributed by atoms with E-state index in [-0.39, 0.29) is 0 Å². The van der Waals surface area contributed by atoms with E-state index in [0.29, 0.717) is 12.0 Å². The number of hydrogen-bond donors (Lipinski definition) is 1. The molecule has 1 aliphatic heterocycles. The normalized spacial score (nSPS) is 25.8. The molecule has 0 bridgehead atoms. The Morgan fingerprint density at radius 2 is 2.24 bits per heavy atom. The molecule has 0 aromatic heterocycles. The van der Waals surface area contributed by atoms with Gasteiger partial charge in [0.15, 0.2) is 5.96 Å². The van der Waals surface area contributed by atoms with E-state index in [1.54, 1.807) is 0 Å². The summed E-state index contributed by atoms with van der Waals surface area (Å²) in [6.45, 7) is 5.83. The second-order valence-electron chi connectivity index (χ2n) is 5.18. The van der Waals surface area contributed by atoms with Crippen LogP contribution in [0.4, 0.5) is 0 Å². The smallest absolute Gasteiger partial charge is 0.193 e. The summed E-state index contributed by atoms with van der Waals surface area (Å²) in [4.78, 5) is 6.84. The van der Waals surface area contributed by atoms with E-state index >= 15 is 0 Å². The third-order valence-corrected chi connectivity index (χ3v) is 3.66. The molecule has 1 atom stereocenters. The molecule has 0 aromatic carbocycles. The highest BCUT2D eigenvalue weighted by Crippen LogP contribution is 2.19. The Balaban J connectivity index is 1.82. The molecule has 2 rings (SSSR count). The van der Waals surface area contributed by atoms with Gasteiger partial charge >= 0.3 is 0 Å². The van der Waals surface area contributed by atoms with E-state index in [9.17, 15) is 0 Å². The lowest BCUT2D eigenvalue weighted by atomic mass is 9.93. The van der Waals surface area contributed by atoms with Crippen LogP contribution in [0.3, 0.4) is 0 Å². The van der Waals surface area contributed by atoms with Crippen LogP contribution >= 0.6 is 0 Å². The zero-order chi connectivity index (χ0) is 12.1. The number of nitrogens with zero attached hydrogens (tertiary/aromatic N) is 2. The van der Waals surface area contributed by atoms with Crippen LogP contribution in [-0.4, -0.2) is 50.3 Å². The predicted molar refractivity (Wildman–Crippen MR) is 70.3 cm³/mol. The fourth-order valence-corrected chi connectivity index (χ4v) is 2.36. The Morgan fingerprint density at radius 3 is 2.76 bits per heavy atom. The summed E-state index contributed by atoms with van der Waals surface area (Å²) in [6, 6.07) is 0.655. The van der Waals surface area contributed by atoms with Gasteiger partial charge in [-0.15, -0.1) is 0 Å². The van der Waals surface area contributed by atoms with Crippen molar-refractivity contribution in [1.29, 1.82) is 0 Å². The first-order chi connectivity index (χ1) is 8.29. The molecular formula is C13H25N3O. The van der Waals surface area contributed by atoms with Crippen molar-refractivity contribution in [2.24, 2.45) is 10.9 Å². The summed E-state index contributed by atoms with van der Waals surface area (Å²) in [5, 5.41) is 3.56. The van der Waals surface area contributed by atoms with Gasteiger partial charge in [0.1, 0.15) is 0 Å². The highest BCUT2D eigenvalue weighted by molar-refractivity contribution is 5.80.